The van der Waals surface area contributed by atoms with Gasteiger partial charge in [-0.05, 0) is 6.42 Å². The van der Waals surface area contributed by atoms with Crippen molar-refractivity contribution in [1.82, 2.24) is 0 Å². The Morgan fingerprint density at radius 2 is 2.42 bits per heavy atom. The van der Waals surface area contributed by atoms with Crippen molar-refractivity contribution in [3.05, 3.63) is 0 Å². The van der Waals surface area contributed by atoms with Gasteiger partial charge in [0.15, 0.2) is 6.29 Å². The minimum absolute atomic E-state index is 0.0672. The molecule has 5 heteroatoms. The maximum atomic E-state index is 10.2. The van der Waals surface area contributed by atoms with Crippen molar-refractivity contribution in [2.75, 3.05) is 13.7 Å². The first-order chi connectivity index (χ1) is 5.72. The van der Waals surface area contributed by atoms with Crippen molar-refractivity contribution in [2.24, 2.45) is 5.73 Å². The number of carbonyl (C=O) groups is 1. The lowest BCUT2D eigenvalue weighted by atomic mass is 10.2. The third kappa shape index (κ3) is 2.67. The van der Waals surface area contributed by atoms with Gasteiger partial charge in [0, 0.05) is 13.5 Å². The molecule has 2 N–H and O–H groups in total. The highest BCUT2D eigenvalue weighted by Gasteiger charge is 2.25. The summed E-state index contributed by atoms with van der Waals surface area (Å²) >= 11 is 0. The van der Waals surface area contributed by atoms with Gasteiger partial charge >= 0.3 is 6.09 Å². The zero-order valence-electron chi connectivity index (χ0n) is 6.99. The number of ether oxygens (including phenoxy) is 3. The van der Waals surface area contributed by atoms with Crippen LogP contribution in [0.4, 0.5) is 4.79 Å². The molecule has 1 aliphatic rings. The standard InChI is InChI=1S/C7H13NO4/c1-10-6-3-2-5(12-6)4-11-7(8)9/h5-6H,2-4H2,1H3,(H2,8,9)/t5-,6+/m0/s1. The van der Waals surface area contributed by atoms with Gasteiger partial charge in [0.1, 0.15) is 6.61 Å². The van der Waals surface area contributed by atoms with Crippen molar-refractivity contribution in [3.8, 4) is 0 Å². The first-order valence-electron chi connectivity index (χ1n) is 3.83. The second-order valence-corrected chi connectivity index (χ2v) is 2.63. The number of carbonyl (C=O) groups excluding carboxylic acids is 1. The SMILES string of the molecule is CO[C@H]1CC[C@@H](COC(N)=O)O1. The van der Waals surface area contributed by atoms with E-state index in [4.69, 9.17) is 15.2 Å². The predicted molar refractivity (Wildman–Crippen MR) is 40.4 cm³/mol. The fourth-order valence-electron chi connectivity index (χ4n) is 1.14. The summed E-state index contributed by atoms with van der Waals surface area (Å²) in [5.74, 6) is 0. The molecule has 1 aliphatic heterocycles. The van der Waals surface area contributed by atoms with Crippen LogP contribution in [0.25, 0.3) is 0 Å². The molecule has 1 rings (SSSR count). The second kappa shape index (κ2) is 4.27. The molecule has 70 valence electrons. The molecule has 2 atom stereocenters. The summed E-state index contributed by atoms with van der Waals surface area (Å²) in [4.78, 5) is 10.2. The third-order valence-corrected chi connectivity index (χ3v) is 1.74. The van der Waals surface area contributed by atoms with Crippen LogP contribution in [-0.2, 0) is 14.2 Å². The number of hydrogen-bond donors (Lipinski definition) is 1. The lowest BCUT2D eigenvalue weighted by molar-refractivity contribution is -0.123. The van der Waals surface area contributed by atoms with Gasteiger partial charge in [0.2, 0.25) is 0 Å². The minimum Gasteiger partial charge on any atom is -0.447 e. The first kappa shape index (κ1) is 9.28. The van der Waals surface area contributed by atoms with E-state index in [-0.39, 0.29) is 19.0 Å². The fraction of sp³-hybridized carbons (Fsp3) is 0.857. The summed E-state index contributed by atoms with van der Waals surface area (Å²) in [6, 6.07) is 0. The summed E-state index contributed by atoms with van der Waals surface area (Å²) in [6.07, 6.45) is 0.683. The maximum absolute atomic E-state index is 10.2. The number of amides is 1. The lowest BCUT2D eigenvalue weighted by Crippen LogP contribution is -2.23. The van der Waals surface area contributed by atoms with Crippen LogP contribution in [0, 0.1) is 0 Å². The van der Waals surface area contributed by atoms with Gasteiger partial charge in [0.25, 0.3) is 0 Å². The van der Waals surface area contributed by atoms with E-state index in [0.29, 0.717) is 0 Å². The molecule has 0 aliphatic carbocycles. The molecule has 12 heavy (non-hydrogen) atoms. The minimum atomic E-state index is -0.764. The van der Waals surface area contributed by atoms with E-state index in [1.807, 2.05) is 0 Å². The van der Waals surface area contributed by atoms with Crippen LogP contribution in [0.3, 0.4) is 0 Å². The molecule has 0 saturated carbocycles. The molecule has 0 spiro atoms. The molecule has 0 aromatic heterocycles. The first-order valence-corrected chi connectivity index (χ1v) is 3.83. The Bertz CT molecular complexity index is 161. The molecule has 5 nitrogen and oxygen atoms in total. The average molecular weight is 175 g/mol. The number of methoxy groups -OCH3 is 1. The monoisotopic (exact) mass is 175 g/mol. The Labute approximate surface area is 70.8 Å². The van der Waals surface area contributed by atoms with Crippen LogP contribution in [-0.4, -0.2) is 32.2 Å². The number of primary amides is 1. The normalized spacial score (nSPS) is 28.8. The van der Waals surface area contributed by atoms with Crippen LogP contribution >= 0.6 is 0 Å². The maximum Gasteiger partial charge on any atom is 0.404 e. The van der Waals surface area contributed by atoms with E-state index >= 15 is 0 Å². The lowest BCUT2D eigenvalue weighted by Gasteiger charge is -2.11. The summed E-state index contributed by atoms with van der Waals surface area (Å²) in [5, 5.41) is 0. The van der Waals surface area contributed by atoms with Gasteiger partial charge in [-0.1, -0.05) is 0 Å². The van der Waals surface area contributed by atoms with Crippen molar-refractivity contribution < 1.29 is 19.0 Å². The number of nitrogens with two attached hydrogens (primary N) is 1. The summed E-state index contributed by atoms with van der Waals surface area (Å²) in [5.41, 5.74) is 4.79. The molecular formula is C7H13NO4. The van der Waals surface area contributed by atoms with Crippen LogP contribution in [0.1, 0.15) is 12.8 Å². The van der Waals surface area contributed by atoms with Gasteiger partial charge in [-0.3, -0.25) is 0 Å². The summed E-state index contributed by atoms with van der Waals surface area (Å²) in [7, 11) is 1.59. The molecule has 1 heterocycles. The Morgan fingerprint density at radius 3 is 2.92 bits per heavy atom. The quantitative estimate of drug-likeness (QED) is 0.666. The van der Waals surface area contributed by atoms with E-state index in [1.165, 1.54) is 0 Å². The van der Waals surface area contributed by atoms with Gasteiger partial charge < -0.3 is 19.9 Å². The van der Waals surface area contributed by atoms with Gasteiger partial charge in [-0.25, -0.2) is 4.79 Å². The average Bonchev–Trinajstić information content (AvgIpc) is 2.48. The van der Waals surface area contributed by atoms with E-state index in [0.717, 1.165) is 12.8 Å². The zero-order valence-corrected chi connectivity index (χ0v) is 6.99. The second-order valence-electron chi connectivity index (χ2n) is 2.63. The van der Waals surface area contributed by atoms with E-state index < -0.39 is 6.09 Å². The third-order valence-electron chi connectivity index (χ3n) is 1.74. The molecule has 0 bridgehead atoms. The van der Waals surface area contributed by atoms with Crippen molar-refractivity contribution in [1.29, 1.82) is 0 Å². The molecule has 1 fully saturated rings. The van der Waals surface area contributed by atoms with Crippen LogP contribution in [0.15, 0.2) is 0 Å². The van der Waals surface area contributed by atoms with Gasteiger partial charge in [-0.2, -0.15) is 0 Å². The van der Waals surface area contributed by atoms with E-state index in [2.05, 4.69) is 4.74 Å². The number of hydrogen-bond acceptors (Lipinski definition) is 4. The van der Waals surface area contributed by atoms with Crippen LogP contribution < -0.4 is 5.73 Å². The van der Waals surface area contributed by atoms with Crippen LogP contribution in [0.2, 0.25) is 0 Å². The Kier molecular flexibility index (Phi) is 3.31. The summed E-state index contributed by atoms with van der Waals surface area (Å²) in [6.45, 7) is 0.217. The predicted octanol–water partition coefficient (Wildman–Crippen LogP) is 0.233. The zero-order chi connectivity index (χ0) is 8.97. The highest BCUT2D eigenvalue weighted by Crippen LogP contribution is 2.19. The molecule has 1 saturated heterocycles. The molecule has 0 radical (unpaired) electrons. The highest BCUT2D eigenvalue weighted by molar-refractivity contribution is 5.64. The van der Waals surface area contributed by atoms with Gasteiger partial charge in [0.05, 0.1) is 6.10 Å². The Hall–Kier alpha value is -0.810. The fourth-order valence-corrected chi connectivity index (χ4v) is 1.14. The summed E-state index contributed by atoms with van der Waals surface area (Å²) < 4.78 is 14.8. The molecular weight excluding hydrogens is 162 g/mol. The van der Waals surface area contributed by atoms with E-state index in [1.54, 1.807) is 7.11 Å². The van der Waals surface area contributed by atoms with Crippen molar-refractivity contribution >= 4 is 6.09 Å². The van der Waals surface area contributed by atoms with Crippen molar-refractivity contribution in [3.63, 3.8) is 0 Å². The Morgan fingerprint density at radius 1 is 1.67 bits per heavy atom. The largest absolute Gasteiger partial charge is 0.447 e. The van der Waals surface area contributed by atoms with Gasteiger partial charge in [-0.15, -0.1) is 0 Å². The molecule has 0 aromatic carbocycles. The van der Waals surface area contributed by atoms with Crippen LogP contribution in [0.5, 0.6) is 0 Å². The smallest absolute Gasteiger partial charge is 0.404 e. The van der Waals surface area contributed by atoms with E-state index in [9.17, 15) is 4.79 Å². The highest BCUT2D eigenvalue weighted by atomic mass is 16.7. The molecule has 0 aromatic rings. The Balaban J connectivity index is 2.15. The number of rotatable bonds is 3. The molecule has 1 amide bonds. The molecule has 0 unspecified atom stereocenters. The topological polar surface area (TPSA) is 70.8 Å². The van der Waals surface area contributed by atoms with Crippen molar-refractivity contribution in [2.45, 2.75) is 25.2 Å².